The van der Waals surface area contributed by atoms with Crippen molar-refractivity contribution in [3.63, 3.8) is 0 Å². The number of methoxy groups -OCH3 is 1. The van der Waals surface area contributed by atoms with E-state index in [0.29, 0.717) is 25.6 Å². The molecular weight excluding hydrogens is 194 g/mol. The van der Waals surface area contributed by atoms with Crippen LogP contribution in [0.5, 0.6) is 0 Å². The number of hydrogen-bond acceptors (Lipinski definition) is 5. The molecular formula is C10H17N3O2. The molecule has 1 N–H and O–H groups in total. The third-order valence-electron chi connectivity index (χ3n) is 2.00. The van der Waals surface area contributed by atoms with Crippen molar-refractivity contribution in [2.24, 2.45) is 0 Å². The second kappa shape index (κ2) is 6.31. The number of aromatic nitrogens is 2. The minimum absolute atomic E-state index is 0.0843. The first kappa shape index (κ1) is 11.9. The molecule has 0 radical (unpaired) electrons. The minimum atomic E-state index is 0.0843. The number of nitrogens with zero attached hydrogens (tertiary/aromatic N) is 3. The molecule has 1 heterocycles. The molecule has 0 spiro atoms. The van der Waals surface area contributed by atoms with E-state index in [1.165, 1.54) is 0 Å². The second-order valence-corrected chi connectivity index (χ2v) is 3.20. The summed E-state index contributed by atoms with van der Waals surface area (Å²) in [4.78, 5) is 10.4. The third kappa shape index (κ3) is 3.81. The van der Waals surface area contributed by atoms with Gasteiger partial charge in [-0.25, -0.2) is 9.97 Å². The van der Waals surface area contributed by atoms with Gasteiger partial charge >= 0.3 is 0 Å². The lowest BCUT2D eigenvalue weighted by atomic mass is 10.4. The number of aliphatic hydroxyl groups is 1. The van der Waals surface area contributed by atoms with Gasteiger partial charge in [-0.15, -0.1) is 0 Å². The number of aryl methyl sites for hydroxylation is 1. The predicted octanol–water partition coefficient (Wildman–Crippen LogP) is 0.230. The van der Waals surface area contributed by atoms with E-state index in [1.807, 2.05) is 17.9 Å². The van der Waals surface area contributed by atoms with Gasteiger partial charge in [-0.1, -0.05) is 0 Å². The maximum atomic E-state index is 8.93. The van der Waals surface area contributed by atoms with Crippen molar-refractivity contribution in [1.82, 2.24) is 9.97 Å². The highest BCUT2D eigenvalue weighted by Gasteiger charge is 2.08. The maximum absolute atomic E-state index is 8.93. The fraction of sp³-hybridized carbons (Fsp3) is 0.600. The number of aliphatic hydroxyl groups excluding tert-OH is 1. The molecule has 0 aliphatic carbocycles. The lowest BCUT2D eigenvalue weighted by Gasteiger charge is -2.21. The van der Waals surface area contributed by atoms with Crippen LogP contribution < -0.4 is 4.90 Å². The van der Waals surface area contributed by atoms with Crippen molar-refractivity contribution in [1.29, 1.82) is 0 Å². The van der Waals surface area contributed by atoms with Gasteiger partial charge in [-0.2, -0.15) is 0 Å². The summed E-state index contributed by atoms with van der Waals surface area (Å²) in [7, 11) is 1.65. The SMILES string of the molecule is COCCN(CCO)c1nccc(C)n1. The van der Waals surface area contributed by atoms with Crippen molar-refractivity contribution in [2.45, 2.75) is 6.92 Å². The Labute approximate surface area is 89.7 Å². The summed E-state index contributed by atoms with van der Waals surface area (Å²) in [5.74, 6) is 0.640. The zero-order chi connectivity index (χ0) is 11.1. The molecule has 5 nitrogen and oxygen atoms in total. The van der Waals surface area contributed by atoms with E-state index in [9.17, 15) is 0 Å². The molecule has 0 fully saturated rings. The van der Waals surface area contributed by atoms with Crippen LogP contribution in [-0.4, -0.2) is 48.5 Å². The summed E-state index contributed by atoms with van der Waals surface area (Å²) in [6.45, 7) is 3.80. The fourth-order valence-electron chi connectivity index (χ4n) is 1.22. The largest absolute Gasteiger partial charge is 0.395 e. The minimum Gasteiger partial charge on any atom is -0.395 e. The molecule has 1 aromatic heterocycles. The highest BCUT2D eigenvalue weighted by atomic mass is 16.5. The molecule has 1 aromatic rings. The van der Waals surface area contributed by atoms with Crippen LogP contribution >= 0.6 is 0 Å². The molecule has 0 aromatic carbocycles. The van der Waals surface area contributed by atoms with Gasteiger partial charge in [0.15, 0.2) is 0 Å². The van der Waals surface area contributed by atoms with Gasteiger partial charge in [0.25, 0.3) is 0 Å². The lowest BCUT2D eigenvalue weighted by molar-refractivity contribution is 0.202. The van der Waals surface area contributed by atoms with Crippen LogP contribution in [0.4, 0.5) is 5.95 Å². The average Bonchev–Trinajstić information content (AvgIpc) is 2.24. The van der Waals surface area contributed by atoms with E-state index in [-0.39, 0.29) is 6.61 Å². The molecule has 0 unspecified atom stereocenters. The van der Waals surface area contributed by atoms with E-state index in [0.717, 1.165) is 5.69 Å². The molecule has 1 rings (SSSR count). The number of ether oxygens (including phenoxy) is 1. The molecule has 0 atom stereocenters. The number of rotatable bonds is 6. The molecule has 84 valence electrons. The fourth-order valence-corrected chi connectivity index (χ4v) is 1.22. The van der Waals surface area contributed by atoms with Crippen molar-refractivity contribution >= 4 is 5.95 Å². The topological polar surface area (TPSA) is 58.5 Å². The maximum Gasteiger partial charge on any atom is 0.225 e. The Balaban J connectivity index is 2.69. The second-order valence-electron chi connectivity index (χ2n) is 3.20. The van der Waals surface area contributed by atoms with Gasteiger partial charge < -0.3 is 14.7 Å². The molecule has 0 saturated carbocycles. The smallest absolute Gasteiger partial charge is 0.225 e. The molecule has 0 amide bonds. The van der Waals surface area contributed by atoms with Crippen LogP contribution in [0.25, 0.3) is 0 Å². The van der Waals surface area contributed by atoms with Crippen LogP contribution in [0, 0.1) is 6.92 Å². The van der Waals surface area contributed by atoms with E-state index in [4.69, 9.17) is 9.84 Å². The van der Waals surface area contributed by atoms with Crippen molar-refractivity contribution in [2.75, 3.05) is 38.3 Å². The summed E-state index contributed by atoms with van der Waals surface area (Å²) >= 11 is 0. The molecule has 0 saturated heterocycles. The standard InChI is InChI=1S/C10H17N3O2/c1-9-3-4-11-10(12-9)13(5-7-14)6-8-15-2/h3-4,14H,5-8H2,1-2H3. The first-order valence-electron chi connectivity index (χ1n) is 4.92. The molecule has 15 heavy (non-hydrogen) atoms. The van der Waals surface area contributed by atoms with E-state index in [2.05, 4.69) is 9.97 Å². The van der Waals surface area contributed by atoms with Crippen LogP contribution in [0.3, 0.4) is 0 Å². The summed E-state index contributed by atoms with van der Waals surface area (Å²) < 4.78 is 4.99. The van der Waals surface area contributed by atoms with Gasteiger partial charge in [-0.3, -0.25) is 0 Å². The lowest BCUT2D eigenvalue weighted by Crippen LogP contribution is -2.31. The van der Waals surface area contributed by atoms with Gasteiger partial charge in [-0.05, 0) is 13.0 Å². The molecule has 5 heteroatoms. The van der Waals surface area contributed by atoms with Gasteiger partial charge in [0.1, 0.15) is 0 Å². The van der Waals surface area contributed by atoms with E-state index < -0.39 is 0 Å². The van der Waals surface area contributed by atoms with Crippen LogP contribution in [0.2, 0.25) is 0 Å². The van der Waals surface area contributed by atoms with Gasteiger partial charge in [0.05, 0.1) is 13.2 Å². The average molecular weight is 211 g/mol. The quantitative estimate of drug-likeness (QED) is 0.730. The number of anilines is 1. The Hall–Kier alpha value is -1.20. The Morgan fingerprint density at radius 1 is 1.47 bits per heavy atom. The molecule has 0 aliphatic rings. The molecule has 0 bridgehead atoms. The van der Waals surface area contributed by atoms with Crippen molar-refractivity contribution in [3.05, 3.63) is 18.0 Å². The summed E-state index contributed by atoms with van der Waals surface area (Å²) in [5, 5.41) is 8.93. The Bertz CT molecular complexity index is 294. The summed E-state index contributed by atoms with van der Waals surface area (Å²) in [5.41, 5.74) is 0.917. The highest BCUT2D eigenvalue weighted by molar-refractivity contribution is 5.29. The highest BCUT2D eigenvalue weighted by Crippen LogP contribution is 2.06. The van der Waals surface area contributed by atoms with Crippen LogP contribution in [-0.2, 0) is 4.74 Å². The van der Waals surface area contributed by atoms with Gasteiger partial charge in [0, 0.05) is 32.1 Å². The summed E-state index contributed by atoms with van der Waals surface area (Å²) in [6, 6.07) is 1.84. The zero-order valence-corrected chi connectivity index (χ0v) is 9.18. The van der Waals surface area contributed by atoms with Crippen molar-refractivity contribution in [3.8, 4) is 0 Å². The molecule has 0 aliphatic heterocycles. The van der Waals surface area contributed by atoms with Crippen LogP contribution in [0.1, 0.15) is 5.69 Å². The van der Waals surface area contributed by atoms with Gasteiger partial charge in [0.2, 0.25) is 5.95 Å². The third-order valence-corrected chi connectivity index (χ3v) is 2.00. The Morgan fingerprint density at radius 3 is 2.87 bits per heavy atom. The van der Waals surface area contributed by atoms with Crippen LogP contribution in [0.15, 0.2) is 12.3 Å². The Morgan fingerprint density at radius 2 is 2.27 bits per heavy atom. The monoisotopic (exact) mass is 211 g/mol. The normalized spacial score (nSPS) is 10.3. The first-order chi connectivity index (χ1) is 7.27. The first-order valence-corrected chi connectivity index (χ1v) is 4.92. The number of hydrogen-bond donors (Lipinski definition) is 1. The predicted molar refractivity (Wildman–Crippen MR) is 57.9 cm³/mol. The van der Waals surface area contributed by atoms with E-state index >= 15 is 0 Å². The van der Waals surface area contributed by atoms with E-state index in [1.54, 1.807) is 13.3 Å². The van der Waals surface area contributed by atoms with Crippen molar-refractivity contribution < 1.29 is 9.84 Å². The zero-order valence-electron chi connectivity index (χ0n) is 9.18. The summed E-state index contributed by atoms with van der Waals surface area (Å²) in [6.07, 6.45) is 1.72. The Kier molecular flexibility index (Phi) is 5.00.